The van der Waals surface area contributed by atoms with E-state index in [4.69, 9.17) is 10.5 Å². The average molecular weight is 358 g/mol. The normalized spacial score (nSPS) is 11.2. The van der Waals surface area contributed by atoms with E-state index in [2.05, 4.69) is 15.2 Å². The van der Waals surface area contributed by atoms with Gasteiger partial charge in [0.05, 0.1) is 28.6 Å². The maximum Gasteiger partial charge on any atom is 0.167 e. The zero-order valence-corrected chi connectivity index (χ0v) is 13.8. The lowest BCUT2D eigenvalue weighted by Gasteiger charge is -2.01. The lowest BCUT2D eigenvalue weighted by Crippen LogP contribution is -1.88. The van der Waals surface area contributed by atoms with Gasteiger partial charge in [-0.1, -0.05) is 0 Å². The highest BCUT2D eigenvalue weighted by atomic mass is 32.1. The number of nitrogen functional groups attached to an aromatic ring is 1. The summed E-state index contributed by atoms with van der Waals surface area (Å²) in [4.78, 5) is 4.46. The van der Waals surface area contributed by atoms with Crippen molar-refractivity contribution in [1.82, 2.24) is 15.2 Å². The van der Waals surface area contributed by atoms with Crippen molar-refractivity contribution in [1.29, 1.82) is 0 Å². The van der Waals surface area contributed by atoms with Crippen LogP contribution >= 0.6 is 11.3 Å². The number of hydrogen-bond donors (Lipinski definition) is 2. The van der Waals surface area contributed by atoms with Gasteiger partial charge in [-0.2, -0.15) is 5.10 Å². The maximum absolute atomic E-state index is 13.9. The average Bonchev–Trinajstić information content (AvgIpc) is 3.17. The van der Waals surface area contributed by atoms with Gasteiger partial charge >= 0.3 is 0 Å². The first-order valence-electron chi connectivity index (χ1n) is 7.31. The number of nitrogens with one attached hydrogen (secondary N) is 1. The molecule has 0 unspecified atom stereocenters. The number of ether oxygens (including phenoxy) is 1. The quantitative estimate of drug-likeness (QED) is 0.575. The molecule has 126 valence electrons. The molecule has 0 saturated heterocycles. The van der Waals surface area contributed by atoms with E-state index in [0.29, 0.717) is 21.8 Å². The standard InChI is InChI=1S/C17H12F2N4OS/c1-24-12-7-13-11(6-10(12)19)21-17(25-13)14-15(22-23-16(14)20)8-2-4-9(18)5-3-8/h2-7H,1H3,(H3,20,22,23). The Labute approximate surface area is 145 Å². The number of methoxy groups -OCH3 is 1. The van der Waals surface area contributed by atoms with Crippen LogP contribution in [0.5, 0.6) is 5.75 Å². The minimum Gasteiger partial charge on any atom is -0.494 e. The molecule has 0 spiro atoms. The molecule has 4 rings (SSSR count). The molecule has 0 amide bonds. The third-order valence-corrected chi connectivity index (χ3v) is 4.84. The highest BCUT2D eigenvalue weighted by molar-refractivity contribution is 7.21. The number of nitrogens with two attached hydrogens (primary N) is 1. The summed E-state index contributed by atoms with van der Waals surface area (Å²) in [5.74, 6) is -0.390. The Morgan fingerprint density at radius 2 is 1.92 bits per heavy atom. The van der Waals surface area contributed by atoms with E-state index in [1.54, 1.807) is 18.2 Å². The topological polar surface area (TPSA) is 76.8 Å². The van der Waals surface area contributed by atoms with Crippen LogP contribution in [0, 0.1) is 11.6 Å². The van der Waals surface area contributed by atoms with E-state index in [1.807, 2.05) is 0 Å². The van der Waals surface area contributed by atoms with E-state index in [0.717, 1.165) is 10.3 Å². The third kappa shape index (κ3) is 2.60. The van der Waals surface area contributed by atoms with Gasteiger partial charge in [0.15, 0.2) is 17.4 Å². The van der Waals surface area contributed by atoms with Gasteiger partial charge in [0, 0.05) is 17.7 Å². The van der Waals surface area contributed by atoms with Gasteiger partial charge < -0.3 is 10.5 Å². The fraction of sp³-hybridized carbons (Fsp3) is 0.0588. The van der Waals surface area contributed by atoms with E-state index in [-0.39, 0.29) is 17.4 Å². The minimum atomic E-state index is -0.481. The monoisotopic (exact) mass is 358 g/mol. The van der Waals surface area contributed by atoms with Crippen molar-refractivity contribution in [2.45, 2.75) is 0 Å². The molecule has 2 aromatic heterocycles. The molecule has 25 heavy (non-hydrogen) atoms. The van der Waals surface area contributed by atoms with Crippen molar-refractivity contribution in [3.8, 4) is 27.6 Å². The fourth-order valence-corrected chi connectivity index (χ4v) is 3.63. The van der Waals surface area contributed by atoms with Gasteiger partial charge in [-0.3, -0.25) is 5.10 Å². The highest BCUT2D eigenvalue weighted by Gasteiger charge is 2.19. The second-order valence-electron chi connectivity index (χ2n) is 5.34. The number of fused-ring (bicyclic) bond motifs is 1. The zero-order valence-electron chi connectivity index (χ0n) is 13.0. The Hall–Kier alpha value is -3.00. The van der Waals surface area contributed by atoms with Gasteiger partial charge in [0.25, 0.3) is 0 Å². The van der Waals surface area contributed by atoms with Crippen LogP contribution in [0.3, 0.4) is 0 Å². The van der Waals surface area contributed by atoms with Crippen molar-refractivity contribution in [3.63, 3.8) is 0 Å². The number of aromatic nitrogens is 3. The molecular formula is C17H12F2N4OS. The lowest BCUT2D eigenvalue weighted by atomic mass is 10.1. The summed E-state index contributed by atoms with van der Waals surface area (Å²) in [5, 5.41) is 7.49. The largest absolute Gasteiger partial charge is 0.494 e. The lowest BCUT2D eigenvalue weighted by molar-refractivity contribution is 0.387. The molecule has 4 aromatic rings. The molecule has 0 aliphatic heterocycles. The Morgan fingerprint density at radius 1 is 1.16 bits per heavy atom. The predicted molar refractivity (Wildman–Crippen MR) is 93.5 cm³/mol. The molecule has 0 aliphatic carbocycles. The number of halogens is 2. The first kappa shape index (κ1) is 15.5. The smallest absolute Gasteiger partial charge is 0.167 e. The van der Waals surface area contributed by atoms with Crippen LogP contribution < -0.4 is 10.5 Å². The van der Waals surface area contributed by atoms with Gasteiger partial charge in [-0.15, -0.1) is 11.3 Å². The number of anilines is 1. The minimum absolute atomic E-state index is 0.154. The maximum atomic E-state index is 13.9. The molecule has 0 atom stereocenters. The molecule has 3 N–H and O–H groups in total. The summed E-state index contributed by atoms with van der Waals surface area (Å²) in [7, 11) is 1.41. The molecule has 0 bridgehead atoms. The summed E-state index contributed by atoms with van der Waals surface area (Å²) in [6, 6.07) is 8.88. The van der Waals surface area contributed by atoms with Crippen molar-refractivity contribution >= 4 is 27.4 Å². The van der Waals surface area contributed by atoms with Gasteiger partial charge in [0.1, 0.15) is 10.8 Å². The Kier molecular flexibility index (Phi) is 3.61. The fourth-order valence-electron chi connectivity index (χ4n) is 2.59. The van der Waals surface area contributed by atoms with Gasteiger partial charge in [0.2, 0.25) is 0 Å². The van der Waals surface area contributed by atoms with Crippen molar-refractivity contribution in [3.05, 3.63) is 48.0 Å². The molecule has 2 heterocycles. The number of rotatable bonds is 3. The number of hydrogen-bond acceptors (Lipinski definition) is 5. The Morgan fingerprint density at radius 3 is 2.64 bits per heavy atom. The van der Waals surface area contributed by atoms with Gasteiger partial charge in [-0.25, -0.2) is 13.8 Å². The molecule has 2 aromatic carbocycles. The van der Waals surface area contributed by atoms with Crippen molar-refractivity contribution in [2.75, 3.05) is 12.8 Å². The van der Waals surface area contributed by atoms with E-state index >= 15 is 0 Å². The molecule has 0 aliphatic rings. The van der Waals surface area contributed by atoms with Gasteiger partial charge in [-0.05, 0) is 24.3 Å². The Bertz CT molecular complexity index is 1070. The van der Waals surface area contributed by atoms with Crippen LogP contribution in [-0.4, -0.2) is 22.3 Å². The number of thiazole rings is 1. The summed E-state index contributed by atoms with van der Waals surface area (Å²) >= 11 is 1.35. The number of benzene rings is 2. The Balaban J connectivity index is 1.89. The van der Waals surface area contributed by atoms with Crippen LogP contribution in [0.15, 0.2) is 36.4 Å². The zero-order chi connectivity index (χ0) is 17.6. The summed E-state index contributed by atoms with van der Waals surface area (Å²) in [5.41, 5.74) is 8.46. The third-order valence-electron chi connectivity index (χ3n) is 3.80. The van der Waals surface area contributed by atoms with Crippen molar-refractivity contribution in [2.24, 2.45) is 0 Å². The SMILES string of the molecule is COc1cc2sc(-c3c(N)n[nH]c3-c3ccc(F)cc3)nc2cc1F. The number of nitrogens with zero attached hydrogens (tertiary/aromatic N) is 2. The summed E-state index contributed by atoms with van der Waals surface area (Å²) in [6.07, 6.45) is 0. The first-order chi connectivity index (χ1) is 12.1. The second-order valence-corrected chi connectivity index (χ2v) is 6.37. The van der Waals surface area contributed by atoms with Crippen LogP contribution in [-0.2, 0) is 0 Å². The molecule has 5 nitrogen and oxygen atoms in total. The van der Waals surface area contributed by atoms with E-state index < -0.39 is 5.82 Å². The molecule has 0 fully saturated rings. The number of aromatic amines is 1. The molecule has 8 heteroatoms. The van der Waals surface area contributed by atoms with Crippen LogP contribution in [0.4, 0.5) is 14.6 Å². The second kappa shape index (κ2) is 5.82. The number of H-pyrrole nitrogens is 1. The van der Waals surface area contributed by atoms with Crippen LogP contribution in [0.1, 0.15) is 0 Å². The molecule has 0 saturated carbocycles. The molecular weight excluding hydrogens is 346 g/mol. The predicted octanol–water partition coefficient (Wildman–Crippen LogP) is 4.22. The van der Waals surface area contributed by atoms with Crippen LogP contribution in [0.2, 0.25) is 0 Å². The summed E-state index contributed by atoms with van der Waals surface area (Å²) < 4.78 is 32.8. The summed E-state index contributed by atoms with van der Waals surface area (Å²) in [6.45, 7) is 0. The van der Waals surface area contributed by atoms with E-state index in [1.165, 1.54) is 36.6 Å². The van der Waals surface area contributed by atoms with Crippen molar-refractivity contribution < 1.29 is 13.5 Å². The highest BCUT2D eigenvalue weighted by Crippen LogP contribution is 2.40. The van der Waals surface area contributed by atoms with E-state index in [9.17, 15) is 8.78 Å². The molecule has 0 radical (unpaired) electrons. The van der Waals surface area contributed by atoms with Crippen LogP contribution in [0.25, 0.3) is 32.0 Å². The first-order valence-corrected chi connectivity index (χ1v) is 8.12.